The van der Waals surface area contributed by atoms with Crippen LogP contribution in [0.25, 0.3) is 0 Å². The molecule has 1 aromatic rings. The van der Waals surface area contributed by atoms with Crippen LogP contribution in [-0.4, -0.2) is 27.8 Å². The number of benzene rings is 1. The van der Waals surface area contributed by atoms with E-state index in [9.17, 15) is 13.2 Å². The lowest BCUT2D eigenvalue weighted by Crippen LogP contribution is -2.11. The van der Waals surface area contributed by atoms with Crippen LogP contribution in [0.15, 0.2) is 12.1 Å². The molecule has 0 fully saturated rings. The molecule has 17 heavy (non-hydrogen) atoms. The van der Waals surface area contributed by atoms with Gasteiger partial charge in [0.15, 0.2) is 9.84 Å². The molecular weight excluding hydrogens is 357 g/mol. The van der Waals surface area contributed by atoms with Crippen molar-refractivity contribution in [1.82, 2.24) is 0 Å². The lowest BCUT2D eigenvalue weighted by atomic mass is 10.1. The van der Waals surface area contributed by atoms with Crippen molar-refractivity contribution >= 4 is 44.1 Å². The second-order valence-corrected chi connectivity index (χ2v) is 6.89. The first-order valence-corrected chi connectivity index (χ1v) is 7.72. The van der Waals surface area contributed by atoms with E-state index < -0.39 is 15.8 Å². The zero-order valence-electron chi connectivity index (χ0n) is 9.36. The molecular formula is C10H12INO4S. The van der Waals surface area contributed by atoms with Crippen LogP contribution in [0.2, 0.25) is 0 Å². The summed E-state index contributed by atoms with van der Waals surface area (Å²) < 4.78 is 27.8. The summed E-state index contributed by atoms with van der Waals surface area (Å²) in [5.74, 6) is -0.806. The molecule has 1 aromatic carbocycles. The molecule has 0 aliphatic rings. The average Bonchev–Trinajstić information content (AvgIpc) is 2.20. The number of ether oxygens (including phenoxy) is 1. The summed E-state index contributed by atoms with van der Waals surface area (Å²) in [7, 11) is -1.99. The van der Waals surface area contributed by atoms with E-state index in [0.717, 1.165) is 6.26 Å². The fourth-order valence-corrected chi connectivity index (χ4v) is 2.67. The van der Waals surface area contributed by atoms with Crippen molar-refractivity contribution in [3.63, 3.8) is 0 Å². The van der Waals surface area contributed by atoms with Gasteiger partial charge in [-0.2, -0.15) is 0 Å². The van der Waals surface area contributed by atoms with E-state index in [1.807, 2.05) is 22.6 Å². The molecule has 0 heterocycles. The Balaban J connectivity index is 3.36. The molecule has 94 valence electrons. The molecule has 0 aliphatic heterocycles. The Morgan fingerprint density at radius 3 is 2.53 bits per heavy atom. The largest absolute Gasteiger partial charge is 0.465 e. The van der Waals surface area contributed by atoms with Crippen LogP contribution in [0, 0.1) is 3.57 Å². The Morgan fingerprint density at radius 2 is 2.06 bits per heavy atom. The fraction of sp³-hybridized carbons (Fsp3) is 0.300. The molecule has 0 amide bonds. The number of anilines is 1. The number of carbonyl (C=O) groups is 1. The SMILES string of the molecule is COC(=O)c1cc(N)c(I)cc1CS(C)(=O)=O. The van der Waals surface area contributed by atoms with Gasteiger partial charge in [0.05, 0.1) is 18.4 Å². The van der Waals surface area contributed by atoms with Gasteiger partial charge in [-0.05, 0) is 40.3 Å². The first-order valence-electron chi connectivity index (χ1n) is 4.58. The molecule has 2 N–H and O–H groups in total. The van der Waals surface area contributed by atoms with Gasteiger partial charge in [-0.15, -0.1) is 0 Å². The molecule has 0 aliphatic carbocycles. The minimum absolute atomic E-state index is 0.191. The predicted molar refractivity (Wildman–Crippen MR) is 73.5 cm³/mol. The van der Waals surface area contributed by atoms with Gasteiger partial charge >= 0.3 is 5.97 Å². The maximum Gasteiger partial charge on any atom is 0.338 e. The first kappa shape index (κ1) is 14.2. The van der Waals surface area contributed by atoms with Crippen molar-refractivity contribution in [2.24, 2.45) is 0 Å². The molecule has 0 atom stereocenters. The van der Waals surface area contributed by atoms with Crippen LogP contribution in [0.3, 0.4) is 0 Å². The molecule has 1 rings (SSSR count). The number of halogens is 1. The zero-order valence-corrected chi connectivity index (χ0v) is 12.3. The highest BCUT2D eigenvalue weighted by Gasteiger charge is 2.17. The second-order valence-electron chi connectivity index (χ2n) is 3.59. The Morgan fingerprint density at radius 1 is 1.47 bits per heavy atom. The maximum atomic E-state index is 11.5. The van der Waals surface area contributed by atoms with E-state index in [1.165, 1.54) is 13.2 Å². The van der Waals surface area contributed by atoms with Gasteiger partial charge in [0.2, 0.25) is 0 Å². The second kappa shape index (κ2) is 5.21. The quantitative estimate of drug-likeness (QED) is 0.492. The van der Waals surface area contributed by atoms with E-state index in [2.05, 4.69) is 4.74 Å². The van der Waals surface area contributed by atoms with E-state index in [4.69, 9.17) is 5.73 Å². The van der Waals surface area contributed by atoms with Crippen molar-refractivity contribution in [2.75, 3.05) is 19.1 Å². The highest BCUT2D eigenvalue weighted by Crippen LogP contribution is 2.23. The van der Waals surface area contributed by atoms with Crippen LogP contribution in [0.4, 0.5) is 5.69 Å². The molecule has 0 bridgehead atoms. The molecule has 0 spiro atoms. The highest BCUT2D eigenvalue weighted by molar-refractivity contribution is 14.1. The third-order valence-corrected chi connectivity index (χ3v) is 3.82. The zero-order chi connectivity index (χ0) is 13.2. The van der Waals surface area contributed by atoms with Crippen molar-refractivity contribution in [2.45, 2.75) is 5.75 Å². The molecule has 0 saturated carbocycles. The summed E-state index contributed by atoms with van der Waals surface area (Å²) in [4.78, 5) is 11.5. The van der Waals surface area contributed by atoms with Crippen LogP contribution in [-0.2, 0) is 20.3 Å². The van der Waals surface area contributed by atoms with Crippen LogP contribution in [0.1, 0.15) is 15.9 Å². The first-order chi connectivity index (χ1) is 7.74. The average molecular weight is 369 g/mol. The van der Waals surface area contributed by atoms with Crippen LogP contribution < -0.4 is 5.73 Å². The van der Waals surface area contributed by atoms with Gasteiger partial charge in [0.25, 0.3) is 0 Å². The number of nitrogens with two attached hydrogens (primary N) is 1. The number of hydrogen-bond donors (Lipinski definition) is 1. The number of methoxy groups -OCH3 is 1. The standard InChI is InChI=1S/C10H12INO4S/c1-16-10(13)7-4-9(12)8(11)3-6(7)5-17(2,14)15/h3-4H,5,12H2,1-2H3. The van der Waals surface area contributed by atoms with Crippen LogP contribution in [0.5, 0.6) is 0 Å². The van der Waals surface area contributed by atoms with Crippen molar-refractivity contribution in [3.05, 3.63) is 26.8 Å². The summed E-state index contributed by atoms with van der Waals surface area (Å²) >= 11 is 1.98. The Kier molecular flexibility index (Phi) is 4.36. The number of carbonyl (C=O) groups excluding carboxylic acids is 1. The van der Waals surface area contributed by atoms with Gasteiger partial charge in [-0.25, -0.2) is 13.2 Å². The maximum absolute atomic E-state index is 11.5. The summed E-state index contributed by atoms with van der Waals surface area (Å²) in [5.41, 5.74) is 6.69. The summed E-state index contributed by atoms with van der Waals surface area (Å²) in [6.45, 7) is 0. The van der Waals surface area contributed by atoms with Crippen LogP contribution >= 0.6 is 22.6 Å². The van der Waals surface area contributed by atoms with Gasteiger partial charge in [0.1, 0.15) is 0 Å². The summed E-state index contributed by atoms with van der Waals surface area (Å²) in [6.07, 6.45) is 1.11. The van der Waals surface area contributed by atoms with Crippen molar-refractivity contribution in [3.8, 4) is 0 Å². The Hall–Kier alpha value is -0.830. The number of nitrogen functional groups attached to an aromatic ring is 1. The fourth-order valence-electron chi connectivity index (χ4n) is 1.33. The smallest absolute Gasteiger partial charge is 0.338 e. The van der Waals surface area contributed by atoms with E-state index >= 15 is 0 Å². The molecule has 5 nitrogen and oxygen atoms in total. The van der Waals surface area contributed by atoms with Crippen molar-refractivity contribution in [1.29, 1.82) is 0 Å². The molecule has 0 unspecified atom stereocenters. The third-order valence-electron chi connectivity index (χ3n) is 2.05. The lowest BCUT2D eigenvalue weighted by molar-refractivity contribution is 0.0600. The summed E-state index contributed by atoms with van der Waals surface area (Å²) in [5, 5.41) is 0. The van der Waals surface area contributed by atoms with Gasteiger partial charge in [-0.1, -0.05) is 0 Å². The van der Waals surface area contributed by atoms with Gasteiger partial charge < -0.3 is 10.5 Å². The normalized spacial score (nSPS) is 11.2. The minimum Gasteiger partial charge on any atom is -0.465 e. The molecule has 0 aromatic heterocycles. The van der Waals surface area contributed by atoms with Crippen molar-refractivity contribution < 1.29 is 17.9 Å². The summed E-state index contributed by atoms with van der Waals surface area (Å²) in [6, 6.07) is 3.03. The number of sulfone groups is 1. The number of esters is 1. The minimum atomic E-state index is -3.22. The van der Waals surface area contributed by atoms with E-state index in [-0.39, 0.29) is 11.3 Å². The number of rotatable bonds is 3. The highest BCUT2D eigenvalue weighted by atomic mass is 127. The molecule has 0 saturated heterocycles. The Bertz CT molecular complexity index is 554. The molecule has 0 radical (unpaired) electrons. The lowest BCUT2D eigenvalue weighted by Gasteiger charge is -2.09. The predicted octanol–water partition coefficient (Wildman–Crippen LogP) is 1.20. The van der Waals surface area contributed by atoms with Gasteiger partial charge in [-0.3, -0.25) is 0 Å². The Labute approximate surface area is 113 Å². The number of hydrogen-bond acceptors (Lipinski definition) is 5. The van der Waals surface area contributed by atoms with E-state index in [1.54, 1.807) is 6.07 Å². The van der Waals surface area contributed by atoms with Gasteiger partial charge in [0, 0.05) is 15.5 Å². The monoisotopic (exact) mass is 369 g/mol. The topological polar surface area (TPSA) is 86.5 Å². The van der Waals surface area contributed by atoms with E-state index in [0.29, 0.717) is 14.8 Å². The third kappa shape index (κ3) is 3.84. The molecule has 7 heteroatoms.